The first kappa shape index (κ1) is 9.78. The number of hydrogen-bond acceptors (Lipinski definition) is 2. The summed E-state index contributed by atoms with van der Waals surface area (Å²) in [5.41, 5.74) is 2.15. The minimum Gasteiger partial charge on any atom is -0.368 e. The highest BCUT2D eigenvalue weighted by molar-refractivity contribution is 6.01. The molecule has 1 aliphatic rings. The number of nitrogens with one attached hydrogen (secondary N) is 1. The van der Waals surface area contributed by atoms with Crippen LogP contribution in [0.1, 0.15) is 13.3 Å². The topological polar surface area (TPSA) is 24.4 Å². The minimum absolute atomic E-state index is 0.860. The lowest BCUT2D eigenvalue weighted by atomic mass is 10.1. The molecule has 1 heterocycles. The van der Waals surface area contributed by atoms with Crippen LogP contribution in [0.15, 0.2) is 41.4 Å². The van der Waals surface area contributed by atoms with Crippen LogP contribution in [0.4, 0.5) is 0 Å². The molecule has 0 unspecified atom stereocenters. The Morgan fingerprint density at radius 1 is 1.69 bits per heavy atom. The predicted molar refractivity (Wildman–Crippen MR) is 58.0 cm³/mol. The quantitative estimate of drug-likeness (QED) is 0.651. The van der Waals surface area contributed by atoms with E-state index in [2.05, 4.69) is 30.4 Å². The molecule has 1 N–H and O–H groups in total. The van der Waals surface area contributed by atoms with Crippen molar-refractivity contribution in [2.24, 2.45) is 4.99 Å². The zero-order valence-electron chi connectivity index (χ0n) is 8.14. The van der Waals surface area contributed by atoms with E-state index in [0.29, 0.717) is 0 Å². The molecule has 0 saturated heterocycles. The monoisotopic (exact) mass is 176 g/mol. The summed E-state index contributed by atoms with van der Waals surface area (Å²) in [4.78, 5) is 4.32. The first-order valence-corrected chi connectivity index (χ1v) is 4.58. The average Bonchev–Trinajstić information content (AvgIpc) is 2.66. The molecule has 2 heteroatoms. The highest BCUT2D eigenvalue weighted by atomic mass is 15.1. The first-order valence-electron chi connectivity index (χ1n) is 4.58. The number of nitrogens with zero attached hydrogens (tertiary/aromatic N) is 1. The van der Waals surface area contributed by atoms with Crippen LogP contribution in [-0.2, 0) is 0 Å². The molecule has 1 rings (SSSR count). The summed E-state index contributed by atoms with van der Waals surface area (Å²) in [7, 11) is 0. The second kappa shape index (κ2) is 4.65. The molecule has 0 radical (unpaired) electrons. The molecule has 0 aromatic heterocycles. The fraction of sp³-hybridized carbons (Fsp3) is 0.364. The smallest absolute Gasteiger partial charge is 0.128 e. The van der Waals surface area contributed by atoms with E-state index in [4.69, 9.17) is 0 Å². The molecule has 13 heavy (non-hydrogen) atoms. The van der Waals surface area contributed by atoms with Crippen LogP contribution in [0.2, 0.25) is 0 Å². The Balaban J connectivity index is 2.77. The number of aliphatic imine (C=N–C) groups is 1. The van der Waals surface area contributed by atoms with E-state index in [9.17, 15) is 0 Å². The van der Waals surface area contributed by atoms with Gasteiger partial charge in [0.2, 0.25) is 0 Å². The SMILES string of the molecule is C=C/C(=C\C(=C)CC)C1=NCCN1. The molecule has 0 aromatic rings. The van der Waals surface area contributed by atoms with Crippen molar-refractivity contribution in [3.63, 3.8) is 0 Å². The fourth-order valence-electron chi connectivity index (χ4n) is 1.14. The Kier molecular flexibility index (Phi) is 3.50. The van der Waals surface area contributed by atoms with E-state index in [1.54, 1.807) is 0 Å². The van der Waals surface area contributed by atoms with Crippen molar-refractivity contribution in [2.45, 2.75) is 13.3 Å². The van der Waals surface area contributed by atoms with Crippen molar-refractivity contribution in [3.05, 3.63) is 36.5 Å². The van der Waals surface area contributed by atoms with Crippen molar-refractivity contribution in [1.82, 2.24) is 5.32 Å². The van der Waals surface area contributed by atoms with Gasteiger partial charge in [-0.05, 0) is 12.5 Å². The van der Waals surface area contributed by atoms with E-state index in [-0.39, 0.29) is 0 Å². The second-order valence-electron chi connectivity index (χ2n) is 2.97. The molecule has 0 atom stereocenters. The maximum absolute atomic E-state index is 4.32. The van der Waals surface area contributed by atoms with Crippen molar-refractivity contribution in [1.29, 1.82) is 0 Å². The Morgan fingerprint density at radius 2 is 2.46 bits per heavy atom. The van der Waals surface area contributed by atoms with Gasteiger partial charge in [-0.2, -0.15) is 0 Å². The third-order valence-electron chi connectivity index (χ3n) is 1.98. The third-order valence-corrected chi connectivity index (χ3v) is 1.98. The lowest BCUT2D eigenvalue weighted by Crippen LogP contribution is -2.19. The summed E-state index contributed by atoms with van der Waals surface area (Å²) < 4.78 is 0. The van der Waals surface area contributed by atoms with Crippen molar-refractivity contribution in [2.75, 3.05) is 13.1 Å². The normalized spacial score (nSPS) is 16.4. The highest BCUT2D eigenvalue weighted by Gasteiger charge is 2.07. The van der Waals surface area contributed by atoms with Crippen LogP contribution in [0.25, 0.3) is 0 Å². The Bertz CT molecular complexity index is 272. The van der Waals surface area contributed by atoms with Gasteiger partial charge < -0.3 is 5.32 Å². The van der Waals surface area contributed by atoms with Crippen LogP contribution in [0, 0.1) is 0 Å². The van der Waals surface area contributed by atoms with E-state index >= 15 is 0 Å². The zero-order chi connectivity index (χ0) is 9.68. The van der Waals surface area contributed by atoms with Gasteiger partial charge in [0.05, 0.1) is 6.54 Å². The van der Waals surface area contributed by atoms with Crippen LogP contribution in [0.5, 0.6) is 0 Å². The summed E-state index contributed by atoms with van der Waals surface area (Å²) in [5, 5.41) is 3.21. The van der Waals surface area contributed by atoms with Gasteiger partial charge in [-0.1, -0.05) is 31.7 Å². The lowest BCUT2D eigenvalue weighted by molar-refractivity contribution is 0.960. The van der Waals surface area contributed by atoms with Crippen LogP contribution in [0.3, 0.4) is 0 Å². The van der Waals surface area contributed by atoms with Gasteiger partial charge in [-0.25, -0.2) is 0 Å². The number of hydrogen-bond donors (Lipinski definition) is 1. The summed E-state index contributed by atoms with van der Waals surface area (Å²) in [6.45, 7) is 11.6. The molecule has 2 nitrogen and oxygen atoms in total. The number of amidine groups is 1. The van der Waals surface area contributed by atoms with Crippen LogP contribution < -0.4 is 5.32 Å². The van der Waals surface area contributed by atoms with E-state index in [1.165, 1.54) is 0 Å². The summed E-state index contributed by atoms with van der Waals surface area (Å²) in [6.07, 6.45) is 4.81. The average molecular weight is 176 g/mol. The molecule has 0 spiro atoms. The maximum Gasteiger partial charge on any atom is 0.128 e. The van der Waals surface area contributed by atoms with E-state index in [1.807, 2.05) is 12.2 Å². The molecule has 0 saturated carbocycles. The molecule has 0 amide bonds. The van der Waals surface area contributed by atoms with Crippen molar-refractivity contribution >= 4 is 5.84 Å². The van der Waals surface area contributed by atoms with Gasteiger partial charge in [-0.3, -0.25) is 4.99 Å². The Morgan fingerprint density at radius 3 is 2.92 bits per heavy atom. The molecular formula is C11H16N2. The molecule has 70 valence electrons. The Labute approximate surface area is 79.8 Å². The van der Waals surface area contributed by atoms with Gasteiger partial charge in [0.1, 0.15) is 5.84 Å². The van der Waals surface area contributed by atoms with E-state index < -0.39 is 0 Å². The van der Waals surface area contributed by atoms with Gasteiger partial charge in [0.25, 0.3) is 0 Å². The Hall–Kier alpha value is -1.31. The summed E-state index contributed by atoms with van der Waals surface area (Å²) in [5.74, 6) is 0.949. The maximum atomic E-state index is 4.32. The summed E-state index contributed by atoms with van der Waals surface area (Å²) >= 11 is 0. The second-order valence-corrected chi connectivity index (χ2v) is 2.97. The van der Waals surface area contributed by atoms with Crippen LogP contribution >= 0.6 is 0 Å². The first-order chi connectivity index (χ1) is 6.27. The lowest BCUT2D eigenvalue weighted by Gasteiger charge is -2.03. The fourth-order valence-corrected chi connectivity index (χ4v) is 1.14. The predicted octanol–water partition coefficient (Wildman–Crippen LogP) is 2.07. The largest absolute Gasteiger partial charge is 0.368 e. The highest BCUT2D eigenvalue weighted by Crippen LogP contribution is 2.08. The standard InChI is InChI=1S/C11H16N2/c1-4-9(3)8-10(5-2)11-12-6-7-13-11/h5,8H,2-4,6-7H2,1H3,(H,12,13)/b10-8+. The number of rotatable bonds is 4. The molecule has 1 aliphatic heterocycles. The van der Waals surface area contributed by atoms with Crippen LogP contribution in [-0.4, -0.2) is 18.9 Å². The van der Waals surface area contributed by atoms with Gasteiger partial charge >= 0.3 is 0 Å². The third kappa shape index (κ3) is 2.58. The summed E-state index contributed by atoms with van der Waals surface area (Å²) in [6, 6.07) is 0. The van der Waals surface area contributed by atoms with Gasteiger partial charge in [0.15, 0.2) is 0 Å². The molecule has 0 aliphatic carbocycles. The number of allylic oxidation sites excluding steroid dienone is 2. The molecule has 0 bridgehead atoms. The molecule has 0 fully saturated rings. The molecule has 0 aromatic carbocycles. The van der Waals surface area contributed by atoms with Gasteiger partial charge in [-0.15, -0.1) is 0 Å². The van der Waals surface area contributed by atoms with Gasteiger partial charge in [0, 0.05) is 12.1 Å². The van der Waals surface area contributed by atoms with E-state index in [0.717, 1.165) is 36.5 Å². The zero-order valence-corrected chi connectivity index (χ0v) is 8.14. The minimum atomic E-state index is 0.860. The molecular weight excluding hydrogens is 160 g/mol. The van der Waals surface area contributed by atoms with Crippen molar-refractivity contribution < 1.29 is 0 Å². The van der Waals surface area contributed by atoms with Crippen molar-refractivity contribution in [3.8, 4) is 0 Å².